The third-order valence-corrected chi connectivity index (χ3v) is 5.78. The molecule has 4 rings (SSSR count). The predicted molar refractivity (Wildman–Crippen MR) is 94.6 cm³/mol. The predicted octanol–water partition coefficient (Wildman–Crippen LogP) is 2.18. The molecule has 2 aliphatic rings. The fourth-order valence-electron chi connectivity index (χ4n) is 4.61. The molecule has 3 atom stereocenters. The first-order valence-electron chi connectivity index (χ1n) is 9.10. The van der Waals surface area contributed by atoms with E-state index in [0.717, 1.165) is 19.3 Å². The van der Waals surface area contributed by atoms with E-state index >= 15 is 0 Å². The second kappa shape index (κ2) is 6.59. The number of rotatable bonds is 4. The van der Waals surface area contributed by atoms with Crippen LogP contribution in [0.1, 0.15) is 37.9 Å². The van der Waals surface area contributed by atoms with Crippen molar-refractivity contribution in [2.24, 2.45) is 5.92 Å². The minimum absolute atomic E-state index is 0.132. The number of nitrogens with one attached hydrogen (secondary N) is 1. The highest BCUT2D eigenvalue weighted by Crippen LogP contribution is 2.39. The number of nitrogens with zero attached hydrogens (tertiary/aromatic N) is 2. The van der Waals surface area contributed by atoms with Gasteiger partial charge in [-0.15, -0.1) is 0 Å². The summed E-state index contributed by atoms with van der Waals surface area (Å²) in [6.45, 7) is 0.624. The highest BCUT2D eigenvalue weighted by molar-refractivity contribution is 5.77. The number of para-hydroxylation sites is 1. The van der Waals surface area contributed by atoms with E-state index in [0.29, 0.717) is 41.7 Å². The fraction of sp³-hybridized carbons (Fsp3) is 0.526. The van der Waals surface area contributed by atoms with Crippen molar-refractivity contribution in [2.45, 2.75) is 50.6 Å². The second-order valence-corrected chi connectivity index (χ2v) is 7.22. The van der Waals surface area contributed by atoms with Gasteiger partial charge in [-0.2, -0.15) is 0 Å². The van der Waals surface area contributed by atoms with Crippen LogP contribution in [0.5, 0.6) is 0 Å². The zero-order valence-corrected chi connectivity index (χ0v) is 14.1. The molecular formula is C19H23N3O3. The van der Waals surface area contributed by atoms with Crippen LogP contribution in [-0.4, -0.2) is 44.6 Å². The lowest BCUT2D eigenvalue weighted by Crippen LogP contribution is -2.43. The third-order valence-electron chi connectivity index (χ3n) is 5.78. The van der Waals surface area contributed by atoms with E-state index in [-0.39, 0.29) is 5.56 Å². The molecule has 132 valence electrons. The first-order chi connectivity index (χ1) is 12.1. The summed E-state index contributed by atoms with van der Waals surface area (Å²) >= 11 is 0. The average molecular weight is 341 g/mol. The molecule has 1 aliphatic heterocycles. The van der Waals surface area contributed by atoms with Crippen molar-refractivity contribution in [2.75, 3.05) is 6.54 Å². The number of carboxylic acids is 1. The van der Waals surface area contributed by atoms with Crippen LogP contribution in [0.15, 0.2) is 29.1 Å². The molecule has 1 saturated carbocycles. The number of hydrogen-bond donors (Lipinski definition) is 2. The van der Waals surface area contributed by atoms with Crippen LogP contribution < -0.4 is 5.56 Å². The van der Waals surface area contributed by atoms with E-state index in [1.54, 1.807) is 6.07 Å². The molecule has 3 unspecified atom stereocenters. The van der Waals surface area contributed by atoms with Crippen LogP contribution in [0.3, 0.4) is 0 Å². The Hall–Kier alpha value is -2.21. The van der Waals surface area contributed by atoms with Crippen molar-refractivity contribution < 1.29 is 9.90 Å². The first kappa shape index (κ1) is 16.3. The lowest BCUT2D eigenvalue weighted by molar-refractivity contribution is -0.142. The normalized spacial score (nSPS) is 26.6. The van der Waals surface area contributed by atoms with Gasteiger partial charge in [0.1, 0.15) is 11.9 Å². The number of carbonyl (C=O) groups is 1. The molecule has 1 aromatic carbocycles. The molecule has 6 heteroatoms. The number of benzene rings is 1. The largest absolute Gasteiger partial charge is 0.480 e. The summed E-state index contributed by atoms with van der Waals surface area (Å²) < 4.78 is 0. The molecule has 1 aliphatic carbocycles. The second-order valence-electron chi connectivity index (χ2n) is 7.22. The van der Waals surface area contributed by atoms with Crippen molar-refractivity contribution >= 4 is 16.9 Å². The minimum Gasteiger partial charge on any atom is -0.480 e. The summed E-state index contributed by atoms with van der Waals surface area (Å²) in [4.78, 5) is 33.4. The Labute approximate surface area is 145 Å². The van der Waals surface area contributed by atoms with Gasteiger partial charge in [0.2, 0.25) is 0 Å². The van der Waals surface area contributed by atoms with E-state index in [9.17, 15) is 14.7 Å². The lowest BCUT2D eigenvalue weighted by atomic mass is 9.85. The number of aromatic nitrogens is 2. The molecule has 2 fully saturated rings. The van der Waals surface area contributed by atoms with Crippen molar-refractivity contribution in [3.05, 3.63) is 40.4 Å². The Morgan fingerprint density at radius 2 is 2.08 bits per heavy atom. The number of likely N-dealkylation sites (tertiary alicyclic amines) is 1. The molecule has 1 saturated heterocycles. The third kappa shape index (κ3) is 3.06. The van der Waals surface area contributed by atoms with Gasteiger partial charge in [-0.1, -0.05) is 25.0 Å². The maximum atomic E-state index is 12.2. The van der Waals surface area contributed by atoms with E-state index in [2.05, 4.69) is 14.9 Å². The highest BCUT2D eigenvalue weighted by atomic mass is 16.4. The Morgan fingerprint density at radius 1 is 1.28 bits per heavy atom. The topological polar surface area (TPSA) is 86.3 Å². The van der Waals surface area contributed by atoms with Gasteiger partial charge in [0.05, 0.1) is 10.9 Å². The molecule has 0 radical (unpaired) electrons. The smallest absolute Gasteiger partial charge is 0.320 e. The van der Waals surface area contributed by atoms with Gasteiger partial charge in [0.15, 0.2) is 0 Å². The summed E-state index contributed by atoms with van der Waals surface area (Å²) in [5.74, 6) is 0.403. The van der Waals surface area contributed by atoms with Gasteiger partial charge in [0.25, 0.3) is 5.56 Å². The van der Waals surface area contributed by atoms with Crippen molar-refractivity contribution in [1.29, 1.82) is 0 Å². The van der Waals surface area contributed by atoms with Gasteiger partial charge in [0, 0.05) is 19.0 Å². The number of fused-ring (bicyclic) bond motifs is 2. The summed E-state index contributed by atoms with van der Waals surface area (Å²) in [5, 5.41) is 10.2. The standard InChI is InChI=1S/C19H23N3O3/c23-18-13-6-2-3-7-14(13)20-17(21-18)9-10-22-15-8-4-1-5-12(15)11-16(22)19(24)25/h2-3,6-7,12,15-16H,1,4-5,8-11H2,(H,24,25)(H,20,21,23). The van der Waals surface area contributed by atoms with E-state index in [1.165, 1.54) is 12.8 Å². The first-order valence-corrected chi connectivity index (χ1v) is 9.10. The molecule has 2 aromatic rings. The highest BCUT2D eigenvalue weighted by Gasteiger charge is 2.44. The average Bonchev–Trinajstić information content (AvgIpc) is 2.99. The Balaban J connectivity index is 1.55. The molecule has 6 nitrogen and oxygen atoms in total. The van der Waals surface area contributed by atoms with Gasteiger partial charge >= 0.3 is 5.97 Å². The van der Waals surface area contributed by atoms with Crippen LogP contribution >= 0.6 is 0 Å². The zero-order chi connectivity index (χ0) is 17.4. The van der Waals surface area contributed by atoms with Gasteiger partial charge in [-0.05, 0) is 37.3 Å². The van der Waals surface area contributed by atoms with Crippen molar-refractivity contribution in [3.8, 4) is 0 Å². The number of H-pyrrole nitrogens is 1. The molecule has 2 heterocycles. The molecule has 25 heavy (non-hydrogen) atoms. The maximum Gasteiger partial charge on any atom is 0.320 e. The van der Waals surface area contributed by atoms with Crippen LogP contribution in [0.25, 0.3) is 10.9 Å². The van der Waals surface area contributed by atoms with Crippen LogP contribution in [0, 0.1) is 5.92 Å². The molecule has 2 N–H and O–H groups in total. The molecule has 0 spiro atoms. The van der Waals surface area contributed by atoms with Gasteiger partial charge in [-0.25, -0.2) is 4.98 Å². The van der Waals surface area contributed by atoms with Crippen molar-refractivity contribution in [3.63, 3.8) is 0 Å². The fourth-order valence-corrected chi connectivity index (χ4v) is 4.61. The number of aliphatic carboxylic acids is 1. The van der Waals surface area contributed by atoms with E-state index < -0.39 is 12.0 Å². The quantitative estimate of drug-likeness (QED) is 0.890. The molecule has 1 aromatic heterocycles. The van der Waals surface area contributed by atoms with Crippen molar-refractivity contribution in [1.82, 2.24) is 14.9 Å². The van der Waals surface area contributed by atoms with Crippen LogP contribution in [0.2, 0.25) is 0 Å². The van der Waals surface area contributed by atoms with Gasteiger partial charge in [-0.3, -0.25) is 14.5 Å². The Bertz CT molecular complexity index is 847. The van der Waals surface area contributed by atoms with E-state index in [1.807, 2.05) is 18.2 Å². The number of aromatic amines is 1. The number of hydrogen-bond acceptors (Lipinski definition) is 4. The van der Waals surface area contributed by atoms with Crippen LogP contribution in [0.4, 0.5) is 0 Å². The number of carboxylic acid groups (broad SMARTS) is 1. The summed E-state index contributed by atoms with van der Waals surface area (Å²) in [7, 11) is 0. The molecule has 0 amide bonds. The minimum atomic E-state index is -0.727. The van der Waals surface area contributed by atoms with E-state index in [4.69, 9.17) is 0 Å². The lowest BCUT2D eigenvalue weighted by Gasteiger charge is -2.32. The maximum absolute atomic E-state index is 12.2. The summed E-state index contributed by atoms with van der Waals surface area (Å²) in [6, 6.07) is 7.25. The monoisotopic (exact) mass is 341 g/mol. The molecular weight excluding hydrogens is 318 g/mol. The summed E-state index contributed by atoms with van der Waals surface area (Å²) in [5.41, 5.74) is 0.556. The SMILES string of the molecule is O=C(O)C1CC2CCCCC2N1CCc1nc2ccccc2c(=O)[nH]1. The van der Waals surface area contributed by atoms with Gasteiger partial charge < -0.3 is 10.1 Å². The Kier molecular flexibility index (Phi) is 4.29. The Morgan fingerprint density at radius 3 is 2.92 bits per heavy atom. The zero-order valence-electron chi connectivity index (χ0n) is 14.1. The summed E-state index contributed by atoms with van der Waals surface area (Å²) in [6.07, 6.45) is 5.91. The molecule has 0 bridgehead atoms. The van der Waals surface area contributed by atoms with Crippen LogP contribution in [-0.2, 0) is 11.2 Å².